The molecule has 1 fully saturated rings. The van der Waals surface area contributed by atoms with Crippen molar-refractivity contribution < 1.29 is 23.8 Å². The first-order chi connectivity index (χ1) is 12.4. The zero-order chi connectivity index (χ0) is 18.7. The number of carboxylic acid groups (broad SMARTS) is 1. The van der Waals surface area contributed by atoms with Gasteiger partial charge in [0, 0.05) is 19.2 Å². The average molecular weight is 398 g/mol. The molecule has 26 heavy (non-hydrogen) atoms. The Balaban J connectivity index is 1.49. The van der Waals surface area contributed by atoms with E-state index >= 15 is 0 Å². The van der Waals surface area contributed by atoms with Crippen molar-refractivity contribution in [2.45, 2.75) is 25.6 Å². The molecule has 1 aliphatic heterocycles. The third-order valence-electron chi connectivity index (χ3n) is 4.26. The first kappa shape index (κ1) is 18.8. The fourth-order valence-corrected chi connectivity index (χ4v) is 3.11. The maximum atomic E-state index is 12.4. The number of aromatic carboxylic acids is 1. The van der Waals surface area contributed by atoms with Crippen LogP contribution >= 0.6 is 23.2 Å². The highest BCUT2D eigenvalue weighted by molar-refractivity contribution is 6.42. The summed E-state index contributed by atoms with van der Waals surface area (Å²) in [6.45, 7) is 1.47. The third-order valence-corrected chi connectivity index (χ3v) is 5.00. The second kappa shape index (κ2) is 8.12. The quantitative estimate of drug-likeness (QED) is 0.820. The number of rotatable bonds is 5. The smallest absolute Gasteiger partial charge is 0.338 e. The Morgan fingerprint density at radius 3 is 2.54 bits per heavy atom. The second-order valence-electron chi connectivity index (χ2n) is 6.06. The third kappa shape index (κ3) is 4.38. The molecule has 1 aromatic heterocycles. The Morgan fingerprint density at radius 2 is 1.92 bits per heavy atom. The maximum Gasteiger partial charge on any atom is 0.338 e. The molecule has 0 aliphatic carbocycles. The molecule has 0 bridgehead atoms. The van der Waals surface area contributed by atoms with E-state index in [1.807, 2.05) is 6.07 Å². The Morgan fingerprint density at radius 1 is 1.19 bits per heavy atom. The molecule has 1 aliphatic rings. The van der Waals surface area contributed by atoms with Crippen molar-refractivity contribution >= 4 is 35.1 Å². The number of amides is 1. The first-order valence-corrected chi connectivity index (χ1v) is 8.86. The molecule has 0 saturated carbocycles. The lowest BCUT2D eigenvalue weighted by molar-refractivity contribution is -0.00104. The normalized spacial score (nSPS) is 15.2. The predicted molar refractivity (Wildman–Crippen MR) is 95.8 cm³/mol. The van der Waals surface area contributed by atoms with E-state index in [4.69, 9.17) is 37.5 Å². The Kier molecular flexibility index (Phi) is 5.86. The van der Waals surface area contributed by atoms with Crippen LogP contribution in [-0.4, -0.2) is 41.1 Å². The van der Waals surface area contributed by atoms with Crippen LogP contribution in [0.25, 0.3) is 0 Å². The molecule has 0 spiro atoms. The van der Waals surface area contributed by atoms with Gasteiger partial charge in [0.2, 0.25) is 0 Å². The fourth-order valence-electron chi connectivity index (χ4n) is 2.79. The van der Waals surface area contributed by atoms with Crippen molar-refractivity contribution in [2.75, 3.05) is 13.1 Å². The van der Waals surface area contributed by atoms with Crippen LogP contribution in [0.4, 0.5) is 0 Å². The molecule has 1 N–H and O–H groups in total. The fraction of sp³-hybridized carbons (Fsp3) is 0.333. The number of carbonyl (C=O) groups excluding carboxylic acids is 1. The number of halogens is 2. The molecule has 0 unspecified atom stereocenters. The number of furan rings is 1. The number of benzene rings is 1. The van der Waals surface area contributed by atoms with Crippen LogP contribution in [0.1, 0.15) is 39.3 Å². The minimum Gasteiger partial charge on any atom is -0.478 e. The lowest BCUT2D eigenvalue weighted by atomic mass is 10.1. The predicted octanol–water partition coefficient (Wildman–Crippen LogP) is 4.11. The SMILES string of the molecule is O=C(O)c1coc(C(=O)N2CCC(OCc3ccc(Cl)c(Cl)c3)CC2)c1. The summed E-state index contributed by atoms with van der Waals surface area (Å²) in [6, 6.07) is 6.62. The van der Waals surface area contributed by atoms with Crippen molar-refractivity contribution in [3.63, 3.8) is 0 Å². The van der Waals surface area contributed by atoms with E-state index < -0.39 is 5.97 Å². The van der Waals surface area contributed by atoms with Crippen LogP contribution in [0.5, 0.6) is 0 Å². The van der Waals surface area contributed by atoms with Gasteiger partial charge < -0.3 is 19.2 Å². The highest BCUT2D eigenvalue weighted by atomic mass is 35.5. The summed E-state index contributed by atoms with van der Waals surface area (Å²) in [5.74, 6) is -1.39. The largest absolute Gasteiger partial charge is 0.478 e. The molecule has 6 nitrogen and oxygen atoms in total. The summed E-state index contributed by atoms with van der Waals surface area (Å²) in [6.07, 6.45) is 2.50. The zero-order valence-corrected chi connectivity index (χ0v) is 15.3. The van der Waals surface area contributed by atoms with Gasteiger partial charge in [-0.2, -0.15) is 0 Å². The minimum absolute atomic E-state index is 0.0341. The van der Waals surface area contributed by atoms with Crippen molar-refractivity contribution in [1.29, 1.82) is 0 Å². The molecule has 138 valence electrons. The Bertz CT molecular complexity index is 812. The molecule has 1 saturated heterocycles. The summed E-state index contributed by atoms with van der Waals surface area (Å²) in [4.78, 5) is 24.9. The molecule has 1 aromatic carbocycles. The number of piperidine rings is 1. The van der Waals surface area contributed by atoms with E-state index in [1.54, 1.807) is 17.0 Å². The second-order valence-corrected chi connectivity index (χ2v) is 6.87. The van der Waals surface area contributed by atoms with Crippen LogP contribution in [0.2, 0.25) is 10.0 Å². The summed E-state index contributed by atoms with van der Waals surface area (Å²) in [5.41, 5.74) is 0.905. The molecule has 2 heterocycles. The van der Waals surface area contributed by atoms with Gasteiger partial charge >= 0.3 is 5.97 Å². The number of ether oxygens (including phenoxy) is 1. The van der Waals surface area contributed by atoms with Crippen molar-refractivity contribution in [1.82, 2.24) is 4.90 Å². The van der Waals surface area contributed by atoms with Gasteiger partial charge in [0.1, 0.15) is 6.26 Å². The van der Waals surface area contributed by atoms with Gasteiger partial charge in [-0.1, -0.05) is 29.3 Å². The number of hydrogen-bond donors (Lipinski definition) is 1. The zero-order valence-electron chi connectivity index (χ0n) is 13.8. The summed E-state index contributed by atoms with van der Waals surface area (Å²) in [5, 5.41) is 9.89. The topological polar surface area (TPSA) is 80.0 Å². The minimum atomic E-state index is -1.12. The molecule has 2 aromatic rings. The summed E-state index contributed by atoms with van der Waals surface area (Å²) >= 11 is 11.9. The van der Waals surface area contributed by atoms with E-state index in [-0.39, 0.29) is 23.3 Å². The van der Waals surface area contributed by atoms with Gasteiger partial charge in [0.15, 0.2) is 5.76 Å². The van der Waals surface area contributed by atoms with Gasteiger partial charge in [-0.05, 0) is 30.5 Å². The average Bonchev–Trinajstić information content (AvgIpc) is 3.13. The van der Waals surface area contributed by atoms with E-state index in [9.17, 15) is 9.59 Å². The van der Waals surface area contributed by atoms with Gasteiger partial charge in [0.05, 0.1) is 28.3 Å². The maximum absolute atomic E-state index is 12.4. The lowest BCUT2D eigenvalue weighted by Crippen LogP contribution is -2.40. The standard InChI is InChI=1S/C18H17Cl2NO5/c19-14-2-1-11(7-15(14)20)9-25-13-3-5-21(6-4-13)17(22)16-8-12(10-26-16)18(23)24/h1-2,7-8,10,13H,3-6,9H2,(H,23,24). The monoisotopic (exact) mass is 397 g/mol. The van der Waals surface area contributed by atoms with Gasteiger partial charge in [-0.15, -0.1) is 0 Å². The molecule has 0 radical (unpaired) electrons. The van der Waals surface area contributed by atoms with Gasteiger partial charge in [-0.25, -0.2) is 4.79 Å². The van der Waals surface area contributed by atoms with E-state index in [1.165, 1.54) is 6.07 Å². The molecular formula is C18H17Cl2NO5. The highest BCUT2D eigenvalue weighted by Crippen LogP contribution is 2.24. The van der Waals surface area contributed by atoms with Crippen molar-refractivity contribution in [2.24, 2.45) is 0 Å². The van der Waals surface area contributed by atoms with Crippen molar-refractivity contribution in [3.8, 4) is 0 Å². The molecular weight excluding hydrogens is 381 g/mol. The van der Waals surface area contributed by atoms with Crippen LogP contribution in [0.15, 0.2) is 34.9 Å². The molecule has 8 heteroatoms. The van der Waals surface area contributed by atoms with Crippen LogP contribution in [0.3, 0.4) is 0 Å². The summed E-state index contributed by atoms with van der Waals surface area (Å²) in [7, 11) is 0. The van der Waals surface area contributed by atoms with Crippen LogP contribution < -0.4 is 0 Å². The van der Waals surface area contributed by atoms with E-state index in [2.05, 4.69) is 0 Å². The number of hydrogen-bond acceptors (Lipinski definition) is 4. The first-order valence-electron chi connectivity index (χ1n) is 8.10. The van der Waals surface area contributed by atoms with Crippen LogP contribution in [0, 0.1) is 0 Å². The van der Waals surface area contributed by atoms with Gasteiger partial charge in [0.25, 0.3) is 5.91 Å². The Labute approximate surface area is 160 Å². The Hall–Kier alpha value is -2.02. The lowest BCUT2D eigenvalue weighted by Gasteiger charge is -2.31. The van der Waals surface area contributed by atoms with Gasteiger partial charge in [-0.3, -0.25) is 4.79 Å². The summed E-state index contributed by atoms with van der Waals surface area (Å²) < 4.78 is 11.0. The van der Waals surface area contributed by atoms with Crippen molar-refractivity contribution in [3.05, 3.63) is 57.5 Å². The number of carboxylic acids is 1. The molecule has 1 amide bonds. The van der Waals surface area contributed by atoms with E-state index in [0.29, 0.717) is 42.6 Å². The highest BCUT2D eigenvalue weighted by Gasteiger charge is 2.26. The molecule has 3 rings (SSSR count). The molecule has 0 atom stereocenters. The number of likely N-dealkylation sites (tertiary alicyclic amines) is 1. The van der Waals surface area contributed by atoms with Crippen LogP contribution in [-0.2, 0) is 11.3 Å². The number of nitrogens with zero attached hydrogens (tertiary/aromatic N) is 1. The van der Waals surface area contributed by atoms with E-state index in [0.717, 1.165) is 11.8 Å². The number of carbonyl (C=O) groups is 2.